The molecule has 1 aromatic heterocycles. The van der Waals surface area contributed by atoms with Crippen LogP contribution in [-0.2, 0) is 11.2 Å². The van der Waals surface area contributed by atoms with Crippen LogP contribution in [0.2, 0.25) is 0 Å². The number of carboxylic acids is 1. The van der Waals surface area contributed by atoms with Crippen molar-refractivity contribution in [2.75, 3.05) is 5.75 Å². The molecule has 0 aliphatic carbocycles. The molecule has 1 atom stereocenters. The van der Waals surface area contributed by atoms with E-state index < -0.39 is 5.97 Å². The molecule has 112 valence electrons. The highest BCUT2D eigenvalue weighted by atomic mass is 32.2. The van der Waals surface area contributed by atoms with E-state index in [4.69, 9.17) is 5.11 Å². The highest BCUT2D eigenvalue weighted by molar-refractivity contribution is 7.99. The monoisotopic (exact) mass is 308 g/mol. The summed E-state index contributed by atoms with van der Waals surface area (Å²) in [7, 11) is 0. The summed E-state index contributed by atoms with van der Waals surface area (Å²) in [5.41, 5.74) is 1.89. The number of hydrogen-bond acceptors (Lipinski definition) is 3. The normalized spacial score (nSPS) is 12.3. The van der Waals surface area contributed by atoms with Crippen LogP contribution in [0.25, 0.3) is 0 Å². The molecule has 2 aromatic rings. The topological polar surface area (TPSA) is 55.1 Å². The zero-order valence-corrected chi connectivity index (χ0v) is 12.7. The highest BCUT2D eigenvalue weighted by Crippen LogP contribution is 2.24. The van der Waals surface area contributed by atoms with E-state index in [1.807, 2.05) is 24.6 Å². The van der Waals surface area contributed by atoms with Crippen LogP contribution in [-0.4, -0.2) is 26.4 Å². The number of hydrogen-bond donors (Lipinski definition) is 1. The standard InChI is InChI=1S/C15H17FN2O2S/c1-10-8-18(15(17-10)21-9-14(19)20)11(2)7-12-3-5-13(16)6-4-12/h3-6,8,11H,7,9H2,1-2H3,(H,19,20). The minimum Gasteiger partial charge on any atom is -0.481 e. The van der Waals surface area contributed by atoms with Crippen molar-refractivity contribution in [1.82, 2.24) is 9.55 Å². The number of aliphatic carboxylic acids is 1. The minimum absolute atomic E-state index is 0.0142. The molecule has 0 amide bonds. The molecule has 0 fully saturated rings. The zero-order valence-electron chi connectivity index (χ0n) is 11.9. The van der Waals surface area contributed by atoms with E-state index in [1.165, 1.54) is 23.9 Å². The van der Waals surface area contributed by atoms with Gasteiger partial charge in [0.05, 0.1) is 11.4 Å². The van der Waals surface area contributed by atoms with Crippen LogP contribution in [0.3, 0.4) is 0 Å². The lowest BCUT2D eigenvalue weighted by Gasteiger charge is -2.16. The highest BCUT2D eigenvalue weighted by Gasteiger charge is 2.14. The van der Waals surface area contributed by atoms with E-state index in [9.17, 15) is 9.18 Å². The maximum atomic E-state index is 12.9. The molecule has 0 bridgehead atoms. The van der Waals surface area contributed by atoms with E-state index >= 15 is 0 Å². The number of thioether (sulfide) groups is 1. The third-order valence-corrected chi connectivity index (χ3v) is 4.01. The zero-order chi connectivity index (χ0) is 15.4. The average molecular weight is 308 g/mol. The largest absolute Gasteiger partial charge is 0.481 e. The first-order valence-electron chi connectivity index (χ1n) is 6.60. The number of halogens is 1. The molecular formula is C15H17FN2O2S. The molecule has 2 rings (SSSR count). The fourth-order valence-electron chi connectivity index (χ4n) is 2.10. The lowest BCUT2D eigenvalue weighted by atomic mass is 10.1. The molecule has 0 radical (unpaired) electrons. The van der Waals surface area contributed by atoms with E-state index in [1.54, 1.807) is 12.1 Å². The number of benzene rings is 1. The van der Waals surface area contributed by atoms with E-state index in [0.29, 0.717) is 5.16 Å². The summed E-state index contributed by atoms with van der Waals surface area (Å²) in [6, 6.07) is 6.54. The molecule has 1 N–H and O–H groups in total. The number of aromatic nitrogens is 2. The van der Waals surface area contributed by atoms with Crippen molar-refractivity contribution in [2.24, 2.45) is 0 Å². The van der Waals surface area contributed by atoms with Crippen LogP contribution in [0.15, 0.2) is 35.6 Å². The van der Waals surface area contributed by atoms with E-state index in [2.05, 4.69) is 4.98 Å². The molecule has 0 aliphatic rings. The maximum absolute atomic E-state index is 12.9. The maximum Gasteiger partial charge on any atom is 0.313 e. The Bertz CT molecular complexity index is 625. The fraction of sp³-hybridized carbons (Fsp3) is 0.333. The molecule has 4 nitrogen and oxygen atoms in total. The van der Waals surface area contributed by atoms with Crippen molar-refractivity contribution in [1.29, 1.82) is 0 Å². The summed E-state index contributed by atoms with van der Waals surface area (Å²) in [5, 5.41) is 9.48. The summed E-state index contributed by atoms with van der Waals surface area (Å²) in [6.07, 6.45) is 2.65. The number of rotatable bonds is 6. The Hall–Kier alpha value is -1.82. The Morgan fingerprint density at radius 3 is 2.71 bits per heavy atom. The number of imidazole rings is 1. The average Bonchev–Trinajstić information content (AvgIpc) is 2.80. The van der Waals surface area contributed by atoms with Crippen molar-refractivity contribution in [3.8, 4) is 0 Å². The van der Waals surface area contributed by atoms with Gasteiger partial charge in [-0.05, 0) is 38.0 Å². The van der Waals surface area contributed by atoms with Gasteiger partial charge in [-0.25, -0.2) is 9.37 Å². The summed E-state index contributed by atoms with van der Waals surface area (Å²) in [6.45, 7) is 3.92. The molecule has 0 saturated heterocycles. The Balaban J connectivity index is 2.12. The number of carboxylic acid groups (broad SMARTS) is 1. The Morgan fingerprint density at radius 1 is 1.43 bits per heavy atom. The fourth-order valence-corrected chi connectivity index (χ4v) is 2.95. The first kappa shape index (κ1) is 15.6. The van der Waals surface area contributed by atoms with Gasteiger partial charge in [0, 0.05) is 12.2 Å². The van der Waals surface area contributed by atoms with Gasteiger partial charge in [-0.15, -0.1) is 0 Å². The third kappa shape index (κ3) is 4.32. The van der Waals surface area contributed by atoms with E-state index in [-0.39, 0.29) is 17.6 Å². The molecule has 1 unspecified atom stereocenters. The Labute approximate surface area is 127 Å². The van der Waals surface area contributed by atoms with Gasteiger partial charge < -0.3 is 9.67 Å². The summed E-state index contributed by atoms with van der Waals surface area (Å²) >= 11 is 1.21. The van der Waals surface area contributed by atoms with Crippen LogP contribution < -0.4 is 0 Å². The van der Waals surface area contributed by atoms with Gasteiger partial charge in [0.15, 0.2) is 5.16 Å². The van der Waals surface area contributed by atoms with Crippen LogP contribution in [0.5, 0.6) is 0 Å². The second-order valence-electron chi connectivity index (χ2n) is 4.93. The Morgan fingerprint density at radius 2 is 2.10 bits per heavy atom. The SMILES string of the molecule is Cc1cn(C(C)Cc2ccc(F)cc2)c(SCC(=O)O)n1. The molecule has 0 saturated carbocycles. The van der Waals surface area contributed by atoms with Crippen LogP contribution >= 0.6 is 11.8 Å². The summed E-state index contributed by atoms with van der Waals surface area (Å²) in [4.78, 5) is 15.1. The molecule has 6 heteroatoms. The van der Waals surface area contributed by atoms with Crippen molar-refractivity contribution < 1.29 is 14.3 Å². The predicted octanol–water partition coefficient (Wildman–Crippen LogP) is 3.31. The predicted molar refractivity (Wildman–Crippen MR) is 80.1 cm³/mol. The summed E-state index contributed by atoms with van der Waals surface area (Å²) in [5.74, 6) is -1.12. The number of nitrogens with zero attached hydrogens (tertiary/aromatic N) is 2. The van der Waals surface area contributed by atoms with Crippen LogP contribution in [0, 0.1) is 12.7 Å². The van der Waals surface area contributed by atoms with Gasteiger partial charge in [-0.1, -0.05) is 23.9 Å². The third-order valence-electron chi connectivity index (χ3n) is 3.06. The van der Waals surface area contributed by atoms with Crippen molar-refractivity contribution >= 4 is 17.7 Å². The summed E-state index contributed by atoms with van der Waals surface area (Å²) < 4.78 is 14.9. The number of aryl methyl sites for hydroxylation is 1. The molecule has 21 heavy (non-hydrogen) atoms. The van der Waals surface area contributed by atoms with Crippen molar-refractivity contribution in [3.05, 3.63) is 47.5 Å². The lowest BCUT2D eigenvalue weighted by molar-refractivity contribution is -0.133. The van der Waals surface area contributed by atoms with E-state index in [0.717, 1.165) is 17.7 Å². The first-order valence-corrected chi connectivity index (χ1v) is 7.59. The quantitative estimate of drug-likeness (QED) is 0.832. The minimum atomic E-state index is -0.863. The van der Waals surface area contributed by atoms with Gasteiger partial charge >= 0.3 is 5.97 Å². The lowest BCUT2D eigenvalue weighted by Crippen LogP contribution is -2.10. The second kappa shape index (κ2) is 6.76. The van der Waals surface area contributed by atoms with Crippen LogP contribution in [0.4, 0.5) is 4.39 Å². The van der Waals surface area contributed by atoms with Gasteiger partial charge in [-0.2, -0.15) is 0 Å². The molecule has 0 aliphatic heterocycles. The second-order valence-corrected chi connectivity index (χ2v) is 5.88. The van der Waals surface area contributed by atoms with Gasteiger partial charge in [0.1, 0.15) is 5.82 Å². The molecule has 0 spiro atoms. The molecular weight excluding hydrogens is 291 g/mol. The molecule has 1 aromatic carbocycles. The smallest absolute Gasteiger partial charge is 0.313 e. The molecule has 1 heterocycles. The van der Waals surface area contributed by atoms with Crippen molar-refractivity contribution in [3.63, 3.8) is 0 Å². The number of carbonyl (C=O) groups is 1. The van der Waals surface area contributed by atoms with Gasteiger partial charge in [0.2, 0.25) is 0 Å². The van der Waals surface area contributed by atoms with Gasteiger partial charge in [-0.3, -0.25) is 4.79 Å². The van der Waals surface area contributed by atoms with Crippen molar-refractivity contribution in [2.45, 2.75) is 31.5 Å². The Kier molecular flexibility index (Phi) is 5.01. The van der Waals surface area contributed by atoms with Crippen LogP contribution in [0.1, 0.15) is 24.2 Å². The first-order chi connectivity index (χ1) is 9.95. The van der Waals surface area contributed by atoms with Gasteiger partial charge in [0.25, 0.3) is 0 Å².